The van der Waals surface area contributed by atoms with Crippen molar-refractivity contribution >= 4 is 61.0 Å². The number of hydrogen-bond donors (Lipinski definition) is 2. The Balaban J connectivity index is 1.70. The summed E-state index contributed by atoms with van der Waals surface area (Å²) in [7, 11) is 0. The van der Waals surface area contributed by atoms with E-state index < -0.39 is 23.6 Å². The molecule has 0 heterocycles. The van der Waals surface area contributed by atoms with Crippen molar-refractivity contribution in [1.82, 2.24) is 5.43 Å². The Bertz CT molecular complexity index is 1260. The molecule has 3 aromatic rings. The van der Waals surface area contributed by atoms with Crippen molar-refractivity contribution in [2.45, 2.75) is 6.92 Å². The fraction of sp³-hybridized carbons (Fsp3) is 0.0435. The minimum absolute atomic E-state index is 0.150. The van der Waals surface area contributed by atoms with E-state index in [1.165, 1.54) is 12.1 Å². The number of nitrogens with one attached hydrogen (secondary N) is 2. The van der Waals surface area contributed by atoms with Crippen molar-refractivity contribution in [2.75, 3.05) is 5.32 Å². The quantitative estimate of drug-likeness (QED) is 0.146. The second kappa shape index (κ2) is 11.0. The molecule has 3 rings (SSSR count). The Morgan fingerprint density at radius 2 is 1.58 bits per heavy atom. The van der Waals surface area contributed by atoms with Crippen LogP contribution in [0.15, 0.2) is 80.8 Å². The third-order valence-electron chi connectivity index (χ3n) is 4.28. The van der Waals surface area contributed by atoms with Crippen LogP contribution in [0.25, 0.3) is 0 Å². The summed E-state index contributed by atoms with van der Waals surface area (Å²) in [6.45, 7) is 1.57. The molecule has 0 bridgehead atoms. The number of benzene rings is 3. The van der Waals surface area contributed by atoms with Gasteiger partial charge in [-0.1, -0.05) is 40.2 Å². The highest BCUT2D eigenvalue weighted by Crippen LogP contribution is 2.23. The van der Waals surface area contributed by atoms with Crippen molar-refractivity contribution in [1.29, 1.82) is 0 Å². The fourth-order valence-corrected chi connectivity index (χ4v) is 3.43. The molecule has 33 heavy (non-hydrogen) atoms. The molecule has 0 saturated heterocycles. The van der Waals surface area contributed by atoms with E-state index in [9.17, 15) is 18.8 Å². The molecule has 0 fully saturated rings. The molecule has 10 heteroatoms. The number of hydrogen-bond acceptors (Lipinski definition) is 5. The van der Waals surface area contributed by atoms with Gasteiger partial charge in [0.05, 0.1) is 17.0 Å². The molecule has 0 aliphatic heterocycles. The summed E-state index contributed by atoms with van der Waals surface area (Å²) in [5.74, 6) is -3.26. The van der Waals surface area contributed by atoms with Crippen molar-refractivity contribution in [2.24, 2.45) is 5.10 Å². The summed E-state index contributed by atoms with van der Waals surface area (Å²) in [5, 5.41) is 6.08. The minimum atomic E-state index is -1.10. The summed E-state index contributed by atoms with van der Waals surface area (Å²) in [5.41, 5.74) is 3.01. The van der Waals surface area contributed by atoms with Crippen LogP contribution in [0.1, 0.15) is 22.8 Å². The highest BCUT2D eigenvalue weighted by molar-refractivity contribution is 9.10. The SMILES string of the molecule is C/C(=N\NC(=O)C(=O)Nc1ccc(Br)cc1F)c1ccccc1OC(=O)c1ccccc1Br. The molecule has 0 aliphatic carbocycles. The molecule has 3 aromatic carbocycles. The van der Waals surface area contributed by atoms with Gasteiger partial charge in [0.25, 0.3) is 0 Å². The standard InChI is InChI=1S/C23H16Br2FN3O4/c1-13(28-29-22(31)21(30)27-19-11-10-14(24)12-18(19)26)15-6-3-5-9-20(15)33-23(32)16-7-2-4-8-17(16)25/h2-12H,1H3,(H,27,30)(H,29,31)/b28-13+. The lowest BCUT2D eigenvalue weighted by molar-refractivity contribution is -0.136. The normalized spacial score (nSPS) is 11.0. The minimum Gasteiger partial charge on any atom is -0.422 e. The van der Waals surface area contributed by atoms with Gasteiger partial charge in [-0.05, 0) is 65.3 Å². The predicted molar refractivity (Wildman–Crippen MR) is 129 cm³/mol. The summed E-state index contributed by atoms with van der Waals surface area (Å²) in [6, 6.07) is 17.4. The fourth-order valence-electron chi connectivity index (χ4n) is 2.65. The maximum atomic E-state index is 13.9. The molecule has 0 spiro atoms. The monoisotopic (exact) mass is 575 g/mol. The molecule has 0 atom stereocenters. The molecule has 7 nitrogen and oxygen atoms in total. The first-order valence-electron chi connectivity index (χ1n) is 9.43. The van der Waals surface area contributed by atoms with Gasteiger partial charge in [0.2, 0.25) is 0 Å². The lowest BCUT2D eigenvalue weighted by Crippen LogP contribution is -2.33. The number of esters is 1. The third kappa shape index (κ3) is 6.33. The Kier molecular flexibility index (Phi) is 8.07. The number of nitrogens with zero attached hydrogens (tertiary/aromatic N) is 1. The number of carbonyl (C=O) groups is 3. The molecule has 2 amide bonds. The summed E-state index contributed by atoms with van der Waals surface area (Å²) >= 11 is 6.42. The first-order valence-corrected chi connectivity index (χ1v) is 11.0. The Labute approximate surface area is 205 Å². The molecule has 0 unspecified atom stereocenters. The van der Waals surface area contributed by atoms with Crippen LogP contribution in [0.4, 0.5) is 10.1 Å². The van der Waals surface area contributed by atoms with Crippen LogP contribution >= 0.6 is 31.9 Å². The van der Waals surface area contributed by atoms with Gasteiger partial charge in [0.15, 0.2) is 0 Å². The van der Waals surface area contributed by atoms with Gasteiger partial charge in [-0.15, -0.1) is 0 Å². The smallest absolute Gasteiger partial charge is 0.344 e. The van der Waals surface area contributed by atoms with Crippen LogP contribution in [0.2, 0.25) is 0 Å². The highest BCUT2D eigenvalue weighted by Gasteiger charge is 2.17. The van der Waals surface area contributed by atoms with E-state index >= 15 is 0 Å². The average molecular weight is 577 g/mol. The van der Waals surface area contributed by atoms with Crippen LogP contribution in [0.3, 0.4) is 0 Å². The first-order chi connectivity index (χ1) is 15.8. The topological polar surface area (TPSA) is 96.9 Å². The molecule has 2 N–H and O–H groups in total. The van der Waals surface area contributed by atoms with Crippen LogP contribution in [-0.4, -0.2) is 23.5 Å². The summed E-state index contributed by atoms with van der Waals surface area (Å²) in [6.07, 6.45) is 0. The molecule has 0 radical (unpaired) electrons. The second-order valence-corrected chi connectivity index (χ2v) is 8.35. The van der Waals surface area contributed by atoms with Gasteiger partial charge in [-0.25, -0.2) is 14.6 Å². The van der Waals surface area contributed by atoms with E-state index in [1.807, 2.05) is 0 Å². The highest BCUT2D eigenvalue weighted by atomic mass is 79.9. The van der Waals surface area contributed by atoms with E-state index in [1.54, 1.807) is 55.5 Å². The van der Waals surface area contributed by atoms with Gasteiger partial charge in [0, 0.05) is 14.5 Å². The predicted octanol–water partition coefficient (Wildman–Crippen LogP) is 5.05. The molecular formula is C23H16Br2FN3O4. The van der Waals surface area contributed by atoms with E-state index in [-0.39, 0.29) is 17.1 Å². The second-order valence-electron chi connectivity index (χ2n) is 6.58. The van der Waals surface area contributed by atoms with Crippen LogP contribution in [0, 0.1) is 5.82 Å². The zero-order valence-corrected chi connectivity index (χ0v) is 20.2. The molecular weight excluding hydrogens is 561 g/mol. The number of amides is 2. The van der Waals surface area contributed by atoms with Crippen molar-refractivity contribution in [3.63, 3.8) is 0 Å². The molecule has 0 aromatic heterocycles. The van der Waals surface area contributed by atoms with Crippen molar-refractivity contribution in [3.05, 3.63) is 92.6 Å². The van der Waals surface area contributed by atoms with E-state index in [0.29, 0.717) is 20.1 Å². The summed E-state index contributed by atoms with van der Waals surface area (Å²) in [4.78, 5) is 36.7. The van der Waals surface area contributed by atoms with Crippen LogP contribution in [-0.2, 0) is 9.59 Å². The van der Waals surface area contributed by atoms with E-state index in [4.69, 9.17) is 4.74 Å². The summed E-state index contributed by atoms with van der Waals surface area (Å²) < 4.78 is 20.4. The van der Waals surface area contributed by atoms with Crippen molar-refractivity contribution < 1.29 is 23.5 Å². The van der Waals surface area contributed by atoms with Crippen LogP contribution < -0.4 is 15.5 Å². The maximum Gasteiger partial charge on any atom is 0.344 e. The van der Waals surface area contributed by atoms with Gasteiger partial charge in [0.1, 0.15) is 11.6 Å². The number of anilines is 1. The van der Waals surface area contributed by atoms with Crippen molar-refractivity contribution in [3.8, 4) is 5.75 Å². The van der Waals surface area contributed by atoms with Gasteiger partial charge < -0.3 is 10.1 Å². The number of rotatable bonds is 5. The number of halogens is 3. The largest absolute Gasteiger partial charge is 0.422 e. The van der Waals surface area contributed by atoms with Gasteiger partial charge in [-0.2, -0.15) is 5.10 Å². The van der Waals surface area contributed by atoms with Gasteiger partial charge >= 0.3 is 17.8 Å². The molecule has 0 saturated carbocycles. The third-order valence-corrected chi connectivity index (χ3v) is 5.47. The Hall–Kier alpha value is -3.37. The maximum absolute atomic E-state index is 13.9. The molecule has 0 aliphatic rings. The van der Waals surface area contributed by atoms with Gasteiger partial charge in [-0.3, -0.25) is 9.59 Å². The van der Waals surface area contributed by atoms with E-state index in [2.05, 4.69) is 47.7 Å². The number of para-hydroxylation sites is 1. The van der Waals surface area contributed by atoms with E-state index in [0.717, 1.165) is 6.07 Å². The average Bonchev–Trinajstić information content (AvgIpc) is 2.79. The number of carbonyl (C=O) groups excluding carboxylic acids is 3. The molecule has 168 valence electrons. The Morgan fingerprint density at radius 3 is 2.27 bits per heavy atom. The number of ether oxygens (including phenoxy) is 1. The lowest BCUT2D eigenvalue weighted by atomic mass is 10.1. The first kappa shape index (κ1) is 24.3. The zero-order chi connectivity index (χ0) is 24.0. The number of hydrazone groups is 1. The lowest BCUT2D eigenvalue weighted by Gasteiger charge is -2.11. The Morgan fingerprint density at radius 1 is 0.909 bits per heavy atom. The zero-order valence-electron chi connectivity index (χ0n) is 17.1. The van der Waals surface area contributed by atoms with Crippen LogP contribution in [0.5, 0.6) is 5.75 Å².